The molecule has 0 radical (unpaired) electrons. The highest BCUT2D eigenvalue weighted by Gasteiger charge is 2.40. The highest BCUT2D eigenvalue weighted by Crippen LogP contribution is 2.20. The van der Waals surface area contributed by atoms with Crippen molar-refractivity contribution in [2.75, 3.05) is 13.7 Å². The fourth-order valence-electron chi connectivity index (χ4n) is 1.72. The van der Waals surface area contributed by atoms with Crippen LogP contribution in [-0.4, -0.2) is 37.2 Å². The summed E-state index contributed by atoms with van der Waals surface area (Å²) in [4.78, 5) is 23.2. The summed E-state index contributed by atoms with van der Waals surface area (Å²) in [5.41, 5.74) is -0.540. The maximum atomic E-state index is 11.8. The standard InChI is InChI=1S/C11H19NO4/c1-11(2,3)16-10(14)8-7(5-6-12-8)9(13)15-4/h7-8,12H,5-6H2,1-4H3/t7-,8-/m0/s1. The highest BCUT2D eigenvalue weighted by molar-refractivity contribution is 5.85. The Morgan fingerprint density at radius 1 is 1.25 bits per heavy atom. The molecular weight excluding hydrogens is 210 g/mol. The van der Waals surface area contributed by atoms with Crippen LogP contribution in [0.3, 0.4) is 0 Å². The van der Waals surface area contributed by atoms with E-state index in [2.05, 4.69) is 10.1 Å². The Labute approximate surface area is 95.5 Å². The Morgan fingerprint density at radius 2 is 1.88 bits per heavy atom. The molecule has 0 aromatic rings. The van der Waals surface area contributed by atoms with Gasteiger partial charge >= 0.3 is 11.9 Å². The van der Waals surface area contributed by atoms with Gasteiger partial charge in [0.05, 0.1) is 13.0 Å². The fraction of sp³-hybridized carbons (Fsp3) is 0.818. The number of carbonyl (C=O) groups excluding carboxylic acids is 2. The Hall–Kier alpha value is -1.10. The molecular formula is C11H19NO4. The van der Waals surface area contributed by atoms with Gasteiger partial charge in [0.15, 0.2) is 0 Å². The van der Waals surface area contributed by atoms with Crippen molar-refractivity contribution >= 4 is 11.9 Å². The number of rotatable bonds is 2. The molecule has 0 aromatic heterocycles. The van der Waals surface area contributed by atoms with Crippen LogP contribution in [0.2, 0.25) is 0 Å². The predicted octanol–water partition coefficient (Wildman–Crippen LogP) is 0.479. The van der Waals surface area contributed by atoms with Crippen molar-refractivity contribution in [1.82, 2.24) is 5.32 Å². The molecule has 0 bridgehead atoms. The largest absolute Gasteiger partial charge is 0.469 e. The minimum Gasteiger partial charge on any atom is -0.469 e. The van der Waals surface area contributed by atoms with Crippen molar-refractivity contribution in [2.45, 2.75) is 38.8 Å². The van der Waals surface area contributed by atoms with E-state index >= 15 is 0 Å². The van der Waals surface area contributed by atoms with Gasteiger partial charge in [-0.25, -0.2) is 0 Å². The van der Waals surface area contributed by atoms with E-state index in [9.17, 15) is 9.59 Å². The van der Waals surface area contributed by atoms with E-state index in [-0.39, 0.29) is 11.9 Å². The summed E-state index contributed by atoms with van der Waals surface area (Å²) in [6, 6.07) is -0.577. The number of methoxy groups -OCH3 is 1. The number of ether oxygens (including phenoxy) is 2. The Bertz CT molecular complexity index is 282. The average molecular weight is 229 g/mol. The van der Waals surface area contributed by atoms with Gasteiger partial charge in [0.25, 0.3) is 0 Å². The predicted molar refractivity (Wildman–Crippen MR) is 57.8 cm³/mol. The maximum absolute atomic E-state index is 11.8. The lowest BCUT2D eigenvalue weighted by molar-refractivity contribution is -0.162. The second-order valence-corrected chi connectivity index (χ2v) is 4.88. The minimum atomic E-state index is -0.577. The van der Waals surface area contributed by atoms with Gasteiger partial charge in [0, 0.05) is 0 Å². The molecule has 1 rings (SSSR count). The topological polar surface area (TPSA) is 64.6 Å². The summed E-state index contributed by atoms with van der Waals surface area (Å²) in [6.45, 7) is 6.02. The molecule has 0 aromatic carbocycles. The zero-order valence-corrected chi connectivity index (χ0v) is 10.2. The summed E-state index contributed by atoms with van der Waals surface area (Å²) in [6.07, 6.45) is 0.608. The molecule has 1 aliphatic rings. The van der Waals surface area contributed by atoms with E-state index in [1.54, 1.807) is 20.8 Å². The Morgan fingerprint density at radius 3 is 2.38 bits per heavy atom. The van der Waals surface area contributed by atoms with Crippen molar-refractivity contribution < 1.29 is 19.1 Å². The van der Waals surface area contributed by atoms with Crippen molar-refractivity contribution in [3.05, 3.63) is 0 Å². The van der Waals surface area contributed by atoms with Gasteiger partial charge in [-0.2, -0.15) is 0 Å². The number of hydrogen-bond acceptors (Lipinski definition) is 5. The van der Waals surface area contributed by atoms with Crippen LogP contribution < -0.4 is 5.32 Å². The first-order valence-electron chi connectivity index (χ1n) is 5.39. The zero-order valence-electron chi connectivity index (χ0n) is 10.2. The molecule has 16 heavy (non-hydrogen) atoms. The second kappa shape index (κ2) is 4.82. The number of esters is 2. The summed E-state index contributed by atoms with van der Waals surface area (Å²) in [7, 11) is 1.33. The van der Waals surface area contributed by atoms with Gasteiger partial charge < -0.3 is 14.8 Å². The number of nitrogens with one attached hydrogen (secondary N) is 1. The van der Waals surface area contributed by atoms with Crippen LogP contribution in [-0.2, 0) is 19.1 Å². The van der Waals surface area contributed by atoms with Gasteiger partial charge in [0.1, 0.15) is 11.6 Å². The van der Waals surface area contributed by atoms with Crippen LogP contribution in [0.1, 0.15) is 27.2 Å². The molecule has 0 saturated carbocycles. The van der Waals surface area contributed by atoms with Gasteiger partial charge in [0.2, 0.25) is 0 Å². The van der Waals surface area contributed by atoms with E-state index in [1.165, 1.54) is 7.11 Å². The first-order chi connectivity index (χ1) is 7.35. The molecule has 1 aliphatic heterocycles. The number of hydrogen-bond donors (Lipinski definition) is 1. The lowest BCUT2D eigenvalue weighted by Crippen LogP contribution is -2.43. The third-order valence-corrected chi connectivity index (χ3v) is 2.39. The van der Waals surface area contributed by atoms with E-state index in [0.29, 0.717) is 13.0 Å². The Balaban J connectivity index is 2.65. The summed E-state index contributed by atoms with van der Waals surface area (Å²) >= 11 is 0. The van der Waals surface area contributed by atoms with E-state index in [0.717, 1.165) is 0 Å². The smallest absolute Gasteiger partial charge is 0.324 e. The summed E-state index contributed by atoms with van der Waals surface area (Å²) in [5.74, 6) is -1.18. The second-order valence-electron chi connectivity index (χ2n) is 4.88. The van der Waals surface area contributed by atoms with E-state index in [1.807, 2.05) is 0 Å². The van der Waals surface area contributed by atoms with Crippen LogP contribution in [0, 0.1) is 5.92 Å². The lowest BCUT2D eigenvalue weighted by atomic mass is 10.0. The van der Waals surface area contributed by atoms with Crippen LogP contribution in [0.5, 0.6) is 0 Å². The minimum absolute atomic E-state index is 0.360. The van der Waals surface area contributed by atoms with Crippen molar-refractivity contribution in [3.8, 4) is 0 Å². The summed E-state index contributed by atoms with van der Waals surface area (Å²) < 4.78 is 9.90. The van der Waals surface area contributed by atoms with Gasteiger partial charge in [-0.05, 0) is 33.7 Å². The SMILES string of the molecule is COC(=O)[C@H]1CCN[C@@H]1C(=O)OC(C)(C)C. The molecule has 5 heteroatoms. The zero-order chi connectivity index (χ0) is 12.3. The Kier molecular flexibility index (Phi) is 3.91. The molecule has 92 valence electrons. The molecule has 0 unspecified atom stereocenters. The van der Waals surface area contributed by atoms with Crippen LogP contribution >= 0.6 is 0 Å². The third kappa shape index (κ3) is 3.20. The van der Waals surface area contributed by atoms with Crippen molar-refractivity contribution in [1.29, 1.82) is 0 Å². The summed E-state index contributed by atoms with van der Waals surface area (Å²) in [5, 5.41) is 2.97. The van der Waals surface area contributed by atoms with Crippen LogP contribution in [0.15, 0.2) is 0 Å². The molecule has 5 nitrogen and oxygen atoms in total. The van der Waals surface area contributed by atoms with Gasteiger partial charge in [-0.3, -0.25) is 9.59 Å². The van der Waals surface area contributed by atoms with Crippen molar-refractivity contribution in [2.24, 2.45) is 5.92 Å². The quantitative estimate of drug-likeness (QED) is 0.698. The number of carbonyl (C=O) groups is 2. The first-order valence-corrected chi connectivity index (χ1v) is 5.39. The lowest BCUT2D eigenvalue weighted by Gasteiger charge is -2.24. The fourth-order valence-corrected chi connectivity index (χ4v) is 1.72. The van der Waals surface area contributed by atoms with Gasteiger partial charge in [-0.1, -0.05) is 0 Å². The van der Waals surface area contributed by atoms with Gasteiger partial charge in [-0.15, -0.1) is 0 Å². The molecule has 0 amide bonds. The molecule has 0 spiro atoms. The molecule has 1 fully saturated rings. The maximum Gasteiger partial charge on any atom is 0.324 e. The molecule has 2 atom stereocenters. The molecule has 0 aliphatic carbocycles. The molecule has 1 heterocycles. The third-order valence-electron chi connectivity index (χ3n) is 2.39. The molecule has 1 N–H and O–H groups in total. The average Bonchev–Trinajstić information content (AvgIpc) is 2.62. The van der Waals surface area contributed by atoms with Crippen LogP contribution in [0.4, 0.5) is 0 Å². The van der Waals surface area contributed by atoms with Crippen LogP contribution in [0.25, 0.3) is 0 Å². The monoisotopic (exact) mass is 229 g/mol. The molecule has 1 saturated heterocycles. The van der Waals surface area contributed by atoms with E-state index in [4.69, 9.17) is 4.74 Å². The first kappa shape index (κ1) is 13.0. The van der Waals surface area contributed by atoms with E-state index < -0.39 is 17.6 Å². The van der Waals surface area contributed by atoms with Crippen molar-refractivity contribution in [3.63, 3.8) is 0 Å². The normalized spacial score (nSPS) is 25.2. The highest BCUT2D eigenvalue weighted by atomic mass is 16.6.